The molecule has 0 bridgehead atoms. The maximum absolute atomic E-state index is 14.7. The van der Waals surface area contributed by atoms with Gasteiger partial charge in [-0.05, 0) is 108 Å². The second kappa shape index (κ2) is 25.2. The molecular formula is C54H62F2N2O6. The molecule has 0 aliphatic carbocycles. The van der Waals surface area contributed by atoms with Gasteiger partial charge in [-0.1, -0.05) is 110 Å². The van der Waals surface area contributed by atoms with Crippen molar-refractivity contribution in [1.29, 1.82) is 0 Å². The van der Waals surface area contributed by atoms with Crippen LogP contribution in [-0.4, -0.2) is 37.6 Å². The molecule has 5 rings (SSSR count). The summed E-state index contributed by atoms with van der Waals surface area (Å²) in [6.45, 7) is 14.3. The van der Waals surface area contributed by atoms with Gasteiger partial charge in [0.15, 0.2) is 23.1 Å². The van der Waals surface area contributed by atoms with Gasteiger partial charge in [0.25, 0.3) is 0 Å². The van der Waals surface area contributed by atoms with Gasteiger partial charge < -0.3 is 18.9 Å². The number of rotatable bonds is 24. The van der Waals surface area contributed by atoms with Crippen molar-refractivity contribution in [2.75, 3.05) is 13.2 Å². The van der Waals surface area contributed by atoms with E-state index in [1.54, 1.807) is 103 Å². The molecule has 2 atom stereocenters. The summed E-state index contributed by atoms with van der Waals surface area (Å²) in [5.41, 5.74) is 2.86. The van der Waals surface area contributed by atoms with E-state index in [0.717, 1.165) is 25.7 Å². The third kappa shape index (κ3) is 16.8. The quantitative estimate of drug-likeness (QED) is 0.0348. The highest BCUT2D eigenvalue weighted by Crippen LogP contribution is 2.27. The third-order valence-corrected chi connectivity index (χ3v) is 10.8. The van der Waals surface area contributed by atoms with Crippen molar-refractivity contribution >= 4 is 35.7 Å². The molecular weight excluding hydrogens is 811 g/mol. The predicted octanol–water partition coefficient (Wildman–Crippen LogP) is 14.4. The molecule has 10 heteroatoms. The van der Waals surface area contributed by atoms with E-state index >= 15 is 0 Å². The largest absolute Gasteiger partial charge is 0.491 e. The van der Waals surface area contributed by atoms with Crippen molar-refractivity contribution in [2.45, 2.75) is 92.9 Å². The fourth-order valence-corrected chi connectivity index (χ4v) is 6.79. The van der Waals surface area contributed by atoms with Crippen molar-refractivity contribution < 1.29 is 37.3 Å². The molecule has 0 saturated carbocycles. The van der Waals surface area contributed by atoms with Crippen LogP contribution in [0.2, 0.25) is 0 Å². The molecule has 338 valence electrons. The summed E-state index contributed by atoms with van der Waals surface area (Å²) in [7, 11) is 0. The zero-order chi connectivity index (χ0) is 45.8. The Morgan fingerprint density at radius 1 is 0.516 bits per heavy atom. The predicted molar refractivity (Wildman–Crippen MR) is 252 cm³/mol. The summed E-state index contributed by atoms with van der Waals surface area (Å²) in [5.74, 6) is 1.10. The van der Waals surface area contributed by atoms with Crippen molar-refractivity contribution in [1.82, 2.24) is 0 Å². The summed E-state index contributed by atoms with van der Waals surface area (Å²) < 4.78 is 52.0. The molecule has 0 saturated heterocycles. The molecule has 5 aromatic rings. The maximum atomic E-state index is 14.7. The van der Waals surface area contributed by atoms with Gasteiger partial charge in [-0.25, -0.2) is 18.4 Å². The van der Waals surface area contributed by atoms with Gasteiger partial charge >= 0.3 is 11.9 Å². The molecule has 0 amide bonds. The van der Waals surface area contributed by atoms with E-state index < -0.39 is 23.6 Å². The highest BCUT2D eigenvalue weighted by Gasteiger charge is 2.14. The lowest BCUT2D eigenvalue weighted by atomic mass is 9.98. The summed E-state index contributed by atoms with van der Waals surface area (Å²) in [6, 6.07) is 28.7. The van der Waals surface area contributed by atoms with Crippen LogP contribution >= 0.6 is 0 Å². The third-order valence-electron chi connectivity index (χ3n) is 10.8. The first-order chi connectivity index (χ1) is 30.8. The number of nitrogens with zero attached hydrogens (tertiary/aromatic N) is 2. The van der Waals surface area contributed by atoms with Crippen LogP contribution < -0.4 is 18.9 Å². The topological polar surface area (TPSA) is 95.8 Å². The van der Waals surface area contributed by atoms with Crippen LogP contribution in [0.1, 0.15) is 125 Å². The number of hydrogen-bond donors (Lipinski definition) is 0. The molecule has 8 nitrogen and oxygen atoms in total. The lowest BCUT2D eigenvalue weighted by Crippen LogP contribution is -2.10. The number of hydrogen-bond acceptors (Lipinski definition) is 8. The number of esters is 2. The molecule has 64 heavy (non-hydrogen) atoms. The monoisotopic (exact) mass is 872 g/mol. The van der Waals surface area contributed by atoms with Gasteiger partial charge in [-0.2, -0.15) is 0 Å². The van der Waals surface area contributed by atoms with Gasteiger partial charge in [-0.3, -0.25) is 9.98 Å². The summed E-state index contributed by atoms with van der Waals surface area (Å²) in [4.78, 5) is 34.7. The summed E-state index contributed by atoms with van der Waals surface area (Å²) >= 11 is 0. The zero-order valence-corrected chi connectivity index (χ0v) is 38.0. The molecule has 0 unspecified atom stereocenters. The number of halogens is 2. The molecule has 0 radical (unpaired) electrons. The summed E-state index contributed by atoms with van der Waals surface area (Å²) in [6.07, 6.45) is 12.0. The van der Waals surface area contributed by atoms with E-state index in [2.05, 4.69) is 51.5 Å². The molecule has 5 aromatic carbocycles. The van der Waals surface area contributed by atoms with Gasteiger partial charge in [0.2, 0.25) is 0 Å². The number of benzene rings is 5. The van der Waals surface area contributed by atoms with Crippen molar-refractivity contribution in [2.24, 2.45) is 33.7 Å². The smallest absolute Gasteiger partial charge is 0.343 e. The van der Waals surface area contributed by atoms with Crippen molar-refractivity contribution in [3.8, 4) is 23.0 Å². The van der Waals surface area contributed by atoms with E-state index in [0.29, 0.717) is 70.5 Å². The van der Waals surface area contributed by atoms with Crippen molar-refractivity contribution in [3.63, 3.8) is 0 Å². The van der Waals surface area contributed by atoms with Gasteiger partial charge in [0.1, 0.15) is 11.5 Å². The first kappa shape index (κ1) is 48.9. The molecule has 0 heterocycles. The van der Waals surface area contributed by atoms with Crippen molar-refractivity contribution in [3.05, 3.63) is 143 Å². The number of aliphatic imine (C=N–C) groups is 2. The van der Waals surface area contributed by atoms with Crippen LogP contribution in [0.3, 0.4) is 0 Å². The Hall–Kier alpha value is -6.16. The van der Waals surface area contributed by atoms with Crippen LogP contribution in [0.4, 0.5) is 20.2 Å². The first-order valence-corrected chi connectivity index (χ1v) is 22.5. The molecule has 0 aromatic heterocycles. The summed E-state index contributed by atoms with van der Waals surface area (Å²) in [5, 5.41) is 0. The minimum Gasteiger partial charge on any atom is -0.491 e. The van der Waals surface area contributed by atoms with E-state index in [9.17, 15) is 18.4 Å². The Morgan fingerprint density at radius 2 is 0.922 bits per heavy atom. The van der Waals surface area contributed by atoms with E-state index in [1.807, 2.05) is 0 Å². The highest BCUT2D eigenvalue weighted by molar-refractivity contribution is 5.93. The van der Waals surface area contributed by atoms with Crippen LogP contribution in [0.5, 0.6) is 23.0 Å². The second-order valence-corrected chi connectivity index (χ2v) is 17.4. The number of carbonyl (C=O) groups is 2. The van der Waals surface area contributed by atoms with Crippen LogP contribution in [0, 0.1) is 35.3 Å². The van der Waals surface area contributed by atoms with E-state index in [1.165, 1.54) is 43.9 Å². The minimum absolute atomic E-state index is 0.191. The standard InChI is InChI=1S/C54H62F2N2O6/c1-37(2)10-7-12-39(5)28-30-61-51-26-24-45(32-49(51)55)57-35-41-16-20-43(21-17-41)53(59)63-47-14-9-15-48(34-47)64-54(60)44-22-18-42(19-23-44)36-58-46-25-27-52(50(56)33-46)62-31-29-40(6)13-8-11-38(3)4/h9,14-27,32-40H,7-8,10-13,28-31H2,1-6H3/t39-,40-/m0/s1. The van der Waals surface area contributed by atoms with E-state index in [4.69, 9.17) is 18.9 Å². The average Bonchev–Trinajstić information content (AvgIpc) is 3.26. The maximum Gasteiger partial charge on any atom is 0.343 e. The number of carbonyl (C=O) groups excluding carboxylic acids is 2. The average molecular weight is 873 g/mol. The number of ether oxygens (including phenoxy) is 4. The lowest BCUT2D eigenvalue weighted by molar-refractivity contribution is 0.0732. The van der Waals surface area contributed by atoms with Gasteiger partial charge in [0, 0.05) is 30.6 Å². The highest BCUT2D eigenvalue weighted by atomic mass is 19.1. The lowest BCUT2D eigenvalue weighted by Gasteiger charge is -2.13. The Balaban J connectivity index is 1.05. The molecule has 0 aliphatic heterocycles. The fourth-order valence-electron chi connectivity index (χ4n) is 6.79. The zero-order valence-electron chi connectivity index (χ0n) is 38.0. The molecule has 0 spiro atoms. The van der Waals surface area contributed by atoms with Gasteiger partial charge in [-0.15, -0.1) is 0 Å². The first-order valence-electron chi connectivity index (χ1n) is 22.5. The fraction of sp³-hybridized carbons (Fsp3) is 0.370. The second-order valence-electron chi connectivity index (χ2n) is 17.4. The SMILES string of the molecule is CC(C)CCC[C@H](C)CCOc1ccc(N=Cc2ccc(C(=O)Oc3cccc(OC(=O)c4ccc(C=Nc5ccc(OCC[C@@H](C)CCCC(C)C)c(F)c5)cc4)c3)cc2)cc1F. The van der Waals surface area contributed by atoms with Crippen LogP contribution in [0.25, 0.3) is 0 Å². The van der Waals surface area contributed by atoms with Gasteiger partial charge in [0.05, 0.1) is 35.7 Å². The van der Waals surface area contributed by atoms with E-state index in [-0.39, 0.29) is 23.0 Å². The molecule has 0 aliphatic rings. The minimum atomic E-state index is -0.605. The molecule has 0 N–H and O–H groups in total. The Kier molecular flexibility index (Phi) is 19.3. The Morgan fingerprint density at radius 3 is 1.30 bits per heavy atom. The Labute approximate surface area is 377 Å². The Bertz CT molecular complexity index is 2150. The molecule has 0 fully saturated rings. The normalized spacial score (nSPS) is 12.5. The van der Waals surface area contributed by atoms with Crippen LogP contribution in [0.15, 0.2) is 119 Å². The van der Waals surface area contributed by atoms with Crippen LogP contribution in [-0.2, 0) is 0 Å².